The maximum atomic E-state index is 11.3. The zero-order chi connectivity index (χ0) is 19.1. The van der Waals surface area contributed by atoms with E-state index in [1.807, 2.05) is 6.07 Å². The van der Waals surface area contributed by atoms with Crippen LogP contribution in [0.1, 0.15) is 11.1 Å². The Hall–Kier alpha value is -3.15. The number of carbonyl (C=O) groups is 1. The molecular formula is C20H22O6. The fraction of sp³-hybridized carbons (Fsp3) is 0.250. The van der Waals surface area contributed by atoms with E-state index >= 15 is 0 Å². The lowest BCUT2D eigenvalue weighted by Gasteiger charge is -2.18. The van der Waals surface area contributed by atoms with E-state index < -0.39 is 0 Å². The maximum absolute atomic E-state index is 11.3. The minimum Gasteiger partial charge on any atom is -0.496 e. The summed E-state index contributed by atoms with van der Waals surface area (Å²) in [5, 5.41) is 0. The molecule has 0 amide bonds. The van der Waals surface area contributed by atoms with Crippen molar-refractivity contribution in [2.45, 2.75) is 0 Å². The van der Waals surface area contributed by atoms with Crippen molar-refractivity contribution in [3.8, 4) is 28.7 Å². The first-order chi connectivity index (χ1) is 12.6. The molecule has 2 aromatic rings. The first kappa shape index (κ1) is 19.2. The molecular weight excluding hydrogens is 336 g/mol. The molecule has 0 atom stereocenters. The van der Waals surface area contributed by atoms with E-state index in [1.165, 1.54) is 6.08 Å². The van der Waals surface area contributed by atoms with Gasteiger partial charge in [-0.3, -0.25) is 4.79 Å². The van der Waals surface area contributed by atoms with Gasteiger partial charge in [0.1, 0.15) is 23.5 Å². The molecule has 0 aromatic heterocycles. The van der Waals surface area contributed by atoms with Gasteiger partial charge < -0.3 is 23.7 Å². The summed E-state index contributed by atoms with van der Waals surface area (Å²) < 4.78 is 26.9. The first-order valence-electron chi connectivity index (χ1n) is 7.81. The molecule has 0 saturated heterocycles. The largest absolute Gasteiger partial charge is 0.496 e. The molecule has 138 valence electrons. The minimum absolute atomic E-state index is 0.518. The topological polar surface area (TPSA) is 63.2 Å². The zero-order valence-corrected chi connectivity index (χ0v) is 15.5. The van der Waals surface area contributed by atoms with Gasteiger partial charge in [0.2, 0.25) is 0 Å². The third-order valence-corrected chi connectivity index (χ3v) is 3.91. The molecule has 0 radical (unpaired) electrons. The van der Waals surface area contributed by atoms with Crippen LogP contribution in [0.25, 0.3) is 5.57 Å². The van der Waals surface area contributed by atoms with Crippen molar-refractivity contribution in [2.24, 2.45) is 0 Å². The van der Waals surface area contributed by atoms with Crippen molar-refractivity contribution >= 4 is 11.9 Å². The molecule has 0 aliphatic carbocycles. The Morgan fingerprint density at radius 3 is 1.77 bits per heavy atom. The van der Waals surface area contributed by atoms with Crippen molar-refractivity contribution in [1.29, 1.82) is 0 Å². The van der Waals surface area contributed by atoms with Gasteiger partial charge in [0, 0.05) is 12.1 Å². The Morgan fingerprint density at radius 1 is 0.731 bits per heavy atom. The van der Waals surface area contributed by atoms with Crippen molar-refractivity contribution in [3.05, 3.63) is 47.5 Å². The molecule has 0 fully saturated rings. The van der Waals surface area contributed by atoms with E-state index in [4.69, 9.17) is 23.7 Å². The van der Waals surface area contributed by atoms with Crippen molar-refractivity contribution in [1.82, 2.24) is 0 Å². The molecule has 0 spiro atoms. The lowest BCUT2D eigenvalue weighted by molar-refractivity contribution is -0.104. The summed E-state index contributed by atoms with van der Waals surface area (Å²) in [6, 6.07) is 8.86. The molecule has 0 heterocycles. The smallest absolute Gasteiger partial charge is 0.161 e. The van der Waals surface area contributed by atoms with Gasteiger partial charge in [-0.05, 0) is 29.3 Å². The normalized spacial score (nSPS) is 10.9. The fourth-order valence-corrected chi connectivity index (χ4v) is 2.67. The number of hydrogen-bond donors (Lipinski definition) is 0. The SMILES string of the molecule is COc1cc(OC)c(/C(=C/C=O)c2ccc(OC)c(OC)c2)c(OC)c1. The van der Waals surface area contributed by atoms with E-state index in [0.717, 1.165) is 11.8 Å². The summed E-state index contributed by atoms with van der Waals surface area (Å²) in [5.41, 5.74) is 2.00. The summed E-state index contributed by atoms with van der Waals surface area (Å²) >= 11 is 0. The Balaban J connectivity index is 2.73. The average molecular weight is 358 g/mol. The Kier molecular flexibility index (Phi) is 6.49. The maximum Gasteiger partial charge on any atom is 0.161 e. The van der Waals surface area contributed by atoms with Gasteiger partial charge in [-0.1, -0.05) is 6.07 Å². The molecule has 0 saturated carbocycles. The standard InChI is InChI=1S/C20H22O6/c1-22-14-11-18(25-4)20(19(12-14)26-5)15(8-9-21)13-6-7-16(23-2)17(10-13)24-3/h6-12H,1-5H3/b15-8+. The predicted molar refractivity (Wildman–Crippen MR) is 98.8 cm³/mol. The Labute approximate surface area is 152 Å². The van der Waals surface area contributed by atoms with Crippen LogP contribution in [-0.2, 0) is 4.79 Å². The van der Waals surface area contributed by atoms with Crippen molar-refractivity contribution in [2.75, 3.05) is 35.5 Å². The van der Waals surface area contributed by atoms with Gasteiger partial charge >= 0.3 is 0 Å². The molecule has 0 aliphatic heterocycles. The quantitative estimate of drug-likeness (QED) is 0.533. The molecule has 0 N–H and O–H groups in total. The second-order valence-electron chi connectivity index (χ2n) is 5.19. The van der Waals surface area contributed by atoms with Gasteiger partial charge in [0.05, 0.1) is 41.1 Å². The van der Waals surface area contributed by atoms with Crippen LogP contribution in [0.15, 0.2) is 36.4 Å². The highest BCUT2D eigenvalue weighted by Gasteiger charge is 2.20. The van der Waals surface area contributed by atoms with Crippen molar-refractivity contribution < 1.29 is 28.5 Å². The molecule has 2 aromatic carbocycles. The minimum atomic E-state index is 0.518. The fourth-order valence-electron chi connectivity index (χ4n) is 2.67. The number of ether oxygens (including phenoxy) is 5. The van der Waals surface area contributed by atoms with Crippen molar-refractivity contribution in [3.63, 3.8) is 0 Å². The third-order valence-electron chi connectivity index (χ3n) is 3.91. The van der Waals surface area contributed by atoms with Gasteiger partial charge in [-0.15, -0.1) is 0 Å². The van der Waals surface area contributed by atoms with Gasteiger partial charge in [0.25, 0.3) is 0 Å². The van der Waals surface area contributed by atoms with Crippen LogP contribution >= 0.6 is 0 Å². The monoisotopic (exact) mass is 358 g/mol. The number of rotatable bonds is 8. The number of hydrogen-bond acceptors (Lipinski definition) is 6. The summed E-state index contributed by atoms with van der Waals surface area (Å²) in [6.45, 7) is 0. The van der Waals surface area contributed by atoms with Crippen LogP contribution < -0.4 is 23.7 Å². The molecule has 6 heteroatoms. The number of benzene rings is 2. The molecule has 6 nitrogen and oxygen atoms in total. The van der Waals surface area contributed by atoms with E-state index in [9.17, 15) is 4.79 Å². The summed E-state index contributed by atoms with van der Waals surface area (Å²) in [5.74, 6) is 2.76. The summed E-state index contributed by atoms with van der Waals surface area (Å²) in [7, 11) is 7.77. The highest BCUT2D eigenvalue weighted by molar-refractivity contribution is 5.94. The van der Waals surface area contributed by atoms with Crippen LogP contribution in [0, 0.1) is 0 Å². The predicted octanol–water partition coefficient (Wildman–Crippen LogP) is 3.36. The first-order valence-corrected chi connectivity index (χ1v) is 7.81. The zero-order valence-electron chi connectivity index (χ0n) is 15.5. The molecule has 0 aliphatic rings. The highest BCUT2D eigenvalue weighted by atomic mass is 16.5. The second-order valence-corrected chi connectivity index (χ2v) is 5.19. The van der Waals surface area contributed by atoms with E-state index in [0.29, 0.717) is 39.9 Å². The van der Waals surface area contributed by atoms with Crippen LogP contribution in [0.2, 0.25) is 0 Å². The Bertz CT molecular complexity index is 785. The number of allylic oxidation sites excluding steroid dienone is 1. The molecule has 0 bridgehead atoms. The Morgan fingerprint density at radius 2 is 1.31 bits per heavy atom. The summed E-state index contributed by atoms with van der Waals surface area (Å²) in [4.78, 5) is 11.3. The van der Waals surface area contributed by atoms with E-state index in [-0.39, 0.29) is 0 Å². The molecule has 0 unspecified atom stereocenters. The van der Waals surface area contributed by atoms with Gasteiger partial charge in [-0.2, -0.15) is 0 Å². The third kappa shape index (κ3) is 3.74. The second kappa shape index (κ2) is 8.80. The van der Waals surface area contributed by atoms with Crippen LogP contribution in [0.3, 0.4) is 0 Å². The lowest BCUT2D eigenvalue weighted by atomic mass is 9.95. The molecule has 2 rings (SSSR count). The van der Waals surface area contributed by atoms with Crippen LogP contribution in [-0.4, -0.2) is 41.8 Å². The van der Waals surface area contributed by atoms with Crippen LogP contribution in [0.4, 0.5) is 0 Å². The van der Waals surface area contributed by atoms with Gasteiger partial charge in [0.15, 0.2) is 11.5 Å². The highest BCUT2D eigenvalue weighted by Crippen LogP contribution is 2.42. The summed E-state index contributed by atoms with van der Waals surface area (Å²) in [6.07, 6.45) is 2.17. The average Bonchev–Trinajstić information content (AvgIpc) is 2.70. The number of aldehydes is 1. The van der Waals surface area contributed by atoms with Crippen LogP contribution in [0.5, 0.6) is 28.7 Å². The number of methoxy groups -OCH3 is 5. The van der Waals surface area contributed by atoms with E-state index in [1.54, 1.807) is 59.8 Å². The van der Waals surface area contributed by atoms with E-state index in [2.05, 4.69) is 0 Å². The molecule has 26 heavy (non-hydrogen) atoms. The van der Waals surface area contributed by atoms with Gasteiger partial charge in [-0.25, -0.2) is 0 Å². The lowest BCUT2D eigenvalue weighted by Crippen LogP contribution is -2.00. The number of carbonyl (C=O) groups excluding carboxylic acids is 1.